The monoisotopic (exact) mass is 445 g/mol. The third-order valence-corrected chi connectivity index (χ3v) is 7.20. The Labute approximate surface area is 190 Å². The van der Waals surface area contributed by atoms with Gasteiger partial charge in [0.1, 0.15) is 0 Å². The summed E-state index contributed by atoms with van der Waals surface area (Å²) in [5.41, 5.74) is 1.08. The summed E-state index contributed by atoms with van der Waals surface area (Å²) in [5, 5.41) is 12.9. The fourth-order valence-electron chi connectivity index (χ4n) is 4.32. The van der Waals surface area contributed by atoms with Crippen LogP contribution in [0.1, 0.15) is 87.0 Å². The second-order valence-corrected chi connectivity index (χ2v) is 10.3. The number of hydrogen-bond acceptors (Lipinski definition) is 3. The van der Waals surface area contributed by atoms with Crippen molar-refractivity contribution in [1.29, 1.82) is 0 Å². The molecule has 1 aliphatic rings. The first-order valence-electron chi connectivity index (χ1n) is 11.6. The van der Waals surface area contributed by atoms with Gasteiger partial charge in [0.2, 0.25) is 0 Å². The molecule has 1 saturated carbocycles. The van der Waals surface area contributed by atoms with Crippen molar-refractivity contribution in [3.63, 3.8) is 0 Å². The van der Waals surface area contributed by atoms with Crippen LogP contribution in [0.2, 0.25) is 0 Å². The number of halogens is 2. The van der Waals surface area contributed by atoms with Crippen LogP contribution in [0, 0.1) is 17.8 Å². The van der Waals surface area contributed by atoms with Gasteiger partial charge in [-0.05, 0) is 71.1 Å². The van der Waals surface area contributed by atoms with E-state index in [1.54, 1.807) is 0 Å². The van der Waals surface area contributed by atoms with Gasteiger partial charge < -0.3 is 10.6 Å². The van der Waals surface area contributed by atoms with E-state index in [4.69, 9.17) is 23.2 Å². The van der Waals surface area contributed by atoms with Gasteiger partial charge in [0.05, 0.1) is 6.17 Å². The van der Waals surface area contributed by atoms with Crippen molar-refractivity contribution in [3.05, 3.63) is 21.8 Å². The van der Waals surface area contributed by atoms with E-state index < -0.39 is 0 Å². The Kier molecular flexibility index (Phi) is 12.9. The molecule has 0 amide bonds. The van der Waals surface area contributed by atoms with Gasteiger partial charge in [-0.25, -0.2) is 0 Å². The number of rotatable bonds is 13. The molecule has 0 heterocycles. The summed E-state index contributed by atoms with van der Waals surface area (Å²) in [7, 11) is 0. The molecule has 5 heteroatoms. The summed E-state index contributed by atoms with van der Waals surface area (Å²) < 4.78 is 0. The molecule has 1 fully saturated rings. The zero-order valence-corrected chi connectivity index (χ0v) is 21.3. The third kappa shape index (κ3) is 10.1. The first-order valence-corrected chi connectivity index (χ1v) is 12.3. The Morgan fingerprint density at radius 3 is 2.24 bits per heavy atom. The number of allylic oxidation sites excluding steroid dienone is 3. The minimum absolute atomic E-state index is 0.170. The summed E-state index contributed by atoms with van der Waals surface area (Å²) in [6, 6.07) is 0.856. The molecule has 0 aromatic heterocycles. The second-order valence-electron chi connectivity index (χ2n) is 9.33. The van der Waals surface area contributed by atoms with Crippen LogP contribution in [-0.4, -0.2) is 24.8 Å². The standard InChI is InChI=1S/C24H45Cl2N3/c1-8-22(25)15-27-24(21-11-9-10-12-21)17(4)18(5)28-20(7)29-19(6)23(26)14-13-16(2)3/h8,16-18,20-21,24,27-29H,9-15H2,1-7H3/b22-8+,23-19-/t17?,18?,20-,24?/m0/s1. The van der Waals surface area contributed by atoms with Crippen molar-refractivity contribution >= 4 is 23.2 Å². The van der Waals surface area contributed by atoms with Gasteiger partial charge in [-0.1, -0.05) is 62.9 Å². The van der Waals surface area contributed by atoms with Gasteiger partial charge in [-0.3, -0.25) is 5.32 Å². The molecule has 0 radical (unpaired) electrons. The first-order chi connectivity index (χ1) is 13.6. The average molecular weight is 447 g/mol. The van der Waals surface area contributed by atoms with E-state index in [0.29, 0.717) is 23.9 Å². The van der Waals surface area contributed by atoms with Crippen molar-refractivity contribution in [2.75, 3.05) is 6.54 Å². The van der Waals surface area contributed by atoms with Crippen LogP contribution in [0.15, 0.2) is 21.8 Å². The zero-order chi connectivity index (χ0) is 22.0. The molecule has 0 aliphatic heterocycles. The van der Waals surface area contributed by atoms with Gasteiger partial charge >= 0.3 is 0 Å². The molecule has 0 aromatic rings. The Morgan fingerprint density at radius 1 is 1.07 bits per heavy atom. The maximum Gasteiger partial charge on any atom is 0.0738 e. The SMILES string of the molecule is C/C=C(/Cl)CNC(C1CCCC1)C(C)C(C)N[C@H](C)N/C(C)=C(\Cl)CCC(C)C. The smallest absolute Gasteiger partial charge is 0.0738 e. The van der Waals surface area contributed by atoms with E-state index >= 15 is 0 Å². The maximum absolute atomic E-state index is 6.50. The lowest BCUT2D eigenvalue weighted by atomic mass is 9.84. The minimum Gasteiger partial charge on any atom is -0.373 e. The Bertz CT molecular complexity index is 524. The molecule has 3 unspecified atom stereocenters. The Morgan fingerprint density at radius 2 is 1.69 bits per heavy atom. The van der Waals surface area contributed by atoms with Gasteiger partial charge in [0, 0.05) is 34.4 Å². The van der Waals surface area contributed by atoms with Crippen LogP contribution >= 0.6 is 23.2 Å². The summed E-state index contributed by atoms with van der Waals surface area (Å²) in [4.78, 5) is 0. The first kappa shape index (κ1) is 26.8. The minimum atomic E-state index is 0.170. The summed E-state index contributed by atoms with van der Waals surface area (Å²) in [6.45, 7) is 16.1. The highest BCUT2D eigenvalue weighted by Gasteiger charge is 2.32. The predicted molar refractivity (Wildman–Crippen MR) is 130 cm³/mol. The molecule has 1 aliphatic carbocycles. The quantitative estimate of drug-likeness (QED) is 0.274. The van der Waals surface area contributed by atoms with Gasteiger partial charge in [-0.15, -0.1) is 0 Å². The highest BCUT2D eigenvalue weighted by Crippen LogP contribution is 2.32. The summed E-state index contributed by atoms with van der Waals surface area (Å²) >= 11 is 12.8. The van der Waals surface area contributed by atoms with E-state index in [1.165, 1.54) is 25.7 Å². The van der Waals surface area contributed by atoms with Crippen LogP contribution < -0.4 is 16.0 Å². The molecule has 1 rings (SSSR count). The fraction of sp³-hybridized carbons (Fsp3) is 0.833. The van der Waals surface area contributed by atoms with Crippen LogP contribution in [0.25, 0.3) is 0 Å². The van der Waals surface area contributed by atoms with Gasteiger partial charge in [0.15, 0.2) is 0 Å². The average Bonchev–Trinajstić information content (AvgIpc) is 3.19. The van der Waals surface area contributed by atoms with E-state index in [0.717, 1.165) is 41.1 Å². The molecule has 29 heavy (non-hydrogen) atoms. The second kappa shape index (κ2) is 14.0. The van der Waals surface area contributed by atoms with E-state index in [9.17, 15) is 0 Å². The lowest BCUT2D eigenvalue weighted by Crippen LogP contribution is -2.52. The van der Waals surface area contributed by atoms with Crippen molar-refractivity contribution in [3.8, 4) is 0 Å². The normalized spacial score (nSPS) is 21.1. The molecular formula is C24H45Cl2N3. The number of nitrogens with one attached hydrogen (secondary N) is 3. The molecule has 0 bridgehead atoms. The largest absolute Gasteiger partial charge is 0.373 e. The zero-order valence-electron chi connectivity index (χ0n) is 19.7. The van der Waals surface area contributed by atoms with Crippen molar-refractivity contribution in [2.45, 2.75) is 105 Å². The molecule has 3 N–H and O–H groups in total. The van der Waals surface area contributed by atoms with Crippen LogP contribution in [0.5, 0.6) is 0 Å². The molecule has 0 spiro atoms. The Hall–Kier alpha value is -0.220. The molecular weight excluding hydrogens is 401 g/mol. The molecule has 170 valence electrons. The summed E-state index contributed by atoms with van der Waals surface area (Å²) in [6.07, 6.45) is 9.57. The fourth-order valence-corrected chi connectivity index (χ4v) is 4.56. The lowest BCUT2D eigenvalue weighted by Gasteiger charge is -2.36. The molecule has 3 nitrogen and oxygen atoms in total. The van der Waals surface area contributed by atoms with E-state index in [2.05, 4.69) is 57.5 Å². The van der Waals surface area contributed by atoms with Crippen LogP contribution in [0.3, 0.4) is 0 Å². The topological polar surface area (TPSA) is 36.1 Å². The van der Waals surface area contributed by atoms with Crippen LogP contribution in [-0.2, 0) is 0 Å². The highest BCUT2D eigenvalue weighted by molar-refractivity contribution is 6.30. The lowest BCUT2D eigenvalue weighted by molar-refractivity contribution is 0.222. The van der Waals surface area contributed by atoms with Crippen molar-refractivity contribution in [1.82, 2.24) is 16.0 Å². The molecule has 0 saturated heterocycles. The Balaban J connectivity index is 2.65. The number of hydrogen-bond donors (Lipinski definition) is 3. The van der Waals surface area contributed by atoms with Crippen molar-refractivity contribution < 1.29 is 0 Å². The maximum atomic E-state index is 6.50. The van der Waals surface area contributed by atoms with Gasteiger partial charge in [0.25, 0.3) is 0 Å². The third-order valence-electron chi connectivity index (χ3n) is 6.38. The van der Waals surface area contributed by atoms with E-state index in [-0.39, 0.29) is 6.17 Å². The molecule has 4 atom stereocenters. The van der Waals surface area contributed by atoms with Gasteiger partial charge in [-0.2, -0.15) is 0 Å². The van der Waals surface area contributed by atoms with E-state index in [1.807, 2.05) is 13.0 Å². The highest BCUT2D eigenvalue weighted by atomic mass is 35.5. The molecule has 0 aromatic carbocycles. The summed E-state index contributed by atoms with van der Waals surface area (Å²) in [5.74, 6) is 1.92. The van der Waals surface area contributed by atoms with Crippen molar-refractivity contribution in [2.24, 2.45) is 17.8 Å². The van der Waals surface area contributed by atoms with Crippen LogP contribution in [0.4, 0.5) is 0 Å². The predicted octanol–water partition coefficient (Wildman–Crippen LogP) is 6.73.